The molecule has 1 heterocycles. The zero-order valence-electron chi connectivity index (χ0n) is 14.9. The van der Waals surface area contributed by atoms with E-state index in [1.54, 1.807) is 18.2 Å². The molecular formula is C20H25N3O2. The Balaban J connectivity index is 1.58. The highest BCUT2D eigenvalue weighted by atomic mass is 16.6. The van der Waals surface area contributed by atoms with Crippen molar-refractivity contribution in [1.29, 1.82) is 0 Å². The topological polar surface area (TPSA) is 49.6 Å². The first kappa shape index (κ1) is 17.6. The van der Waals surface area contributed by atoms with Gasteiger partial charge in [-0.3, -0.25) is 19.9 Å². The number of nitrogens with zero attached hydrogens (tertiary/aromatic N) is 3. The first-order chi connectivity index (χ1) is 12.0. The third-order valence-corrected chi connectivity index (χ3v) is 5.01. The van der Waals surface area contributed by atoms with E-state index in [1.165, 1.54) is 11.1 Å². The monoisotopic (exact) mass is 339 g/mol. The summed E-state index contributed by atoms with van der Waals surface area (Å²) < 4.78 is 0. The van der Waals surface area contributed by atoms with E-state index in [-0.39, 0.29) is 16.7 Å². The molecule has 0 spiro atoms. The maximum atomic E-state index is 11.0. The highest BCUT2D eigenvalue weighted by molar-refractivity contribution is 5.35. The molecule has 0 aromatic heterocycles. The number of non-ortho nitro benzene ring substituents is 1. The van der Waals surface area contributed by atoms with Gasteiger partial charge in [0.1, 0.15) is 0 Å². The molecule has 0 bridgehead atoms. The minimum atomic E-state index is -0.323. The van der Waals surface area contributed by atoms with Gasteiger partial charge in [-0.25, -0.2) is 0 Å². The number of aryl methyl sites for hydroxylation is 1. The summed E-state index contributed by atoms with van der Waals surface area (Å²) in [5.74, 6) is 0. The highest BCUT2D eigenvalue weighted by Gasteiger charge is 2.23. The maximum Gasteiger partial charge on any atom is 0.269 e. The molecule has 2 aromatic rings. The van der Waals surface area contributed by atoms with Crippen LogP contribution in [-0.2, 0) is 6.54 Å². The van der Waals surface area contributed by atoms with Gasteiger partial charge in [0.15, 0.2) is 0 Å². The van der Waals surface area contributed by atoms with Crippen molar-refractivity contribution >= 4 is 5.69 Å². The molecule has 1 atom stereocenters. The van der Waals surface area contributed by atoms with Crippen LogP contribution in [0.25, 0.3) is 0 Å². The molecule has 0 radical (unpaired) electrons. The van der Waals surface area contributed by atoms with Crippen LogP contribution in [0.4, 0.5) is 5.69 Å². The predicted molar refractivity (Wildman–Crippen MR) is 99.5 cm³/mol. The summed E-state index contributed by atoms with van der Waals surface area (Å²) in [6, 6.07) is 15.9. The number of nitro benzene ring substituents is 1. The van der Waals surface area contributed by atoms with Gasteiger partial charge in [-0.15, -0.1) is 0 Å². The second-order valence-corrected chi connectivity index (χ2v) is 6.83. The van der Waals surface area contributed by atoms with E-state index in [4.69, 9.17) is 0 Å². The molecule has 1 aliphatic rings. The van der Waals surface area contributed by atoms with Crippen LogP contribution in [-0.4, -0.2) is 40.9 Å². The number of benzene rings is 2. The normalized spacial score (nSPS) is 17.4. The molecule has 5 heteroatoms. The lowest BCUT2D eigenvalue weighted by Gasteiger charge is -2.38. The van der Waals surface area contributed by atoms with Gasteiger partial charge >= 0.3 is 0 Å². The average molecular weight is 339 g/mol. The summed E-state index contributed by atoms with van der Waals surface area (Å²) in [5.41, 5.74) is 3.85. The number of piperazine rings is 1. The van der Waals surface area contributed by atoms with E-state index in [0.717, 1.165) is 38.3 Å². The molecule has 1 fully saturated rings. The molecule has 132 valence electrons. The van der Waals surface area contributed by atoms with Gasteiger partial charge in [0, 0.05) is 50.9 Å². The van der Waals surface area contributed by atoms with Crippen molar-refractivity contribution in [2.75, 3.05) is 26.2 Å². The Morgan fingerprint density at radius 3 is 2.48 bits per heavy atom. The fourth-order valence-electron chi connectivity index (χ4n) is 3.49. The number of nitro groups is 1. The molecule has 25 heavy (non-hydrogen) atoms. The van der Waals surface area contributed by atoms with Crippen LogP contribution in [0.15, 0.2) is 48.5 Å². The fourth-order valence-corrected chi connectivity index (χ4v) is 3.49. The van der Waals surface area contributed by atoms with Crippen LogP contribution in [0.1, 0.15) is 29.7 Å². The van der Waals surface area contributed by atoms with Gasteiger partial charge in [0.2, 0.25) is 0 Å². The Bertz CT molecular complexity index is 739. The summed E-state index contributed by atoms with van der Waals surface area (Å²) in [4.78, 5) is 15.5. The smallest absolute Gasteiger partial charge is 0.269 e. The zero-order chi connectivity index (χ0) is 17.8. The quantitative estimate of drug-likeness (QED) is 0.614. The SMILES string of the molecule is Cc1cccc(CN2CCN([C@H](C)c3cccc([N+](=O)[O-])c3)CC2)c1. The minimum Gasteiger partial charge on any atom is -0.297 e. The van der Waals surface area contributed by atoms with Crippen molar-refractivity contribution in [3.05, 3.63) is 75.3 Å². The Kier molecular flexibility index (Phi) is 5.46. The first-order valence-electron chi connectivity index (χ1n) is 8.79. The van der Waals surface area contributed by atoms with Crippen molar-refractivity contribution in [3.8, 4) is 0 Å². The Morgan fingerprint density at radius 2 is 1.80 bits per heavy atom. The molecule has 0 saturated carbocycles. The molecule has 2 aromatic carbocycles. The third-order valence-electron chi connectivity index (χ3n) is 5.01. The summed E-state index contributed by atoms with van der Waals surface area (Å²) in [6.45, 7) is 9.25. The highest BCUT2D eigenvalue weighted by Crippen LogP contribution is 2.25. The fraction of sp³-hybridized carbons (Fsp3) is 0.400. The second kappa shape index (κ2) is 7.76. The molecule has 0 N–H and O–H groups in total. The maximum absolute atomic E-state index is 11.0. The average Bonchev–Trinajstić information content (AvgIpc) is 2.62. The zero-order valence-corrected chi connectivity index (χ0v) is 14.9. The van der Waals surface area contributed by atoms with Gasteiger partial charge in [-0.05, 0) is 25.0 Å². The summed E-state index contributed by atoms with van der Waals surface area (Å²) in [7, 11) is 0. The van der Waals surface area contributed by atoms with Crippen molar-refractivity contribution in [3.63, 3.8) is 0 Å². The van der Waals surface area contributed by atoms with E-state index < -0.39 is 0 Å². The van der Waals surface area contributed by atoms with Crippen molar-refractivity contribution in [2.45, 2.75) is 26.4 Å². The van der Waals surface area contributed by atoms with Crippen LogP contribution >= 0.6 is 0 Å². The largest absolute Gasteiger partial charge is 0.297 e. The van der Waals surface area contributed by atoms with Gasteiger partial charge in [0.25, 0.3) is 5.69 Å². The Morgan fingerprint density at radius 1 is 1.08 bits per heavy atom. The van der Waals surface area contributed by atoms with Crippen LogP contribution in [0, 0.1) is 17.0 Å². The van der Waals surface area contributed by atoms with Gasteiger partial charge in [0.05, 0.1) is 4.92 Å². The summed E-state index contributed by atoms with van der Waals surface area (Å²) >= 11 is 0. The lowest BCUT2D eigenvalue weighted by molar-refractivity contribution is -0.385. The van der Waals surface area contributed by atoms with Crippen molar-refractivity contribution in [2.24, 2.45) is 0 Å². The molecule has 1 saturated heterocycles. The number of rotatable bonds is 5. The van der Waals surface area contributed by atoms with E-state index in [9.17, 15) is 10.1 Å². The van der Waals surface area contributed by atoms with Crippen LogP contribution in [0.5, 0.6) is 0 Å². The summed E-state index contributed by atoms with van der Waals surface area (Å²) in [6.07, 6.45) is 0. The van der Waals surface area contributed by atoms with E-state index in [0.29, 0.717) is 0 Å². The molecule has 3 rings (SSSR count). The summed E-state index contributed by atoms with van der Waals surface area (Å²) in [5, 5.41) is 11.0. The van der Waals surface area contributed by atoms with Crippen LogP contribution in [0.3, 0.4) is 0 Å². The van der Waals surface area contributed by atoms with E-state index in [2.05, 4.69) is 47.9 Å². The Labute approximate surface area is 149 Å². The van der Waals surface area contributed by atoms with Gasteiger partial charge in [-0.1, -0.05) is 42.0 Å². The molecule has 0 aliphatic carbocycles. The van der Waals surface area contributed by atoms with Crippen molar-refractivity contribution in [1.82, 2.24) is 9.80 Å². The van der Waals surface area contributed by atoms with Gasteiger partial charge < -0.3 is 0 Å². The molecule has 0 amide bonds. The Hall–Kier alpha value is -2.24. The lowest BCUT2D eigenvalue weighted by atomic mass is 10.0. The molecular weight excluding hydrogens is 314 g/mol. The second-order valence-electron chi connectivity index (χ2n) is 6.83. The first-order valence-corrected chi connectivity index (χ1v) is 8.79. The minimum absolute atomic E-state index is 0.169. The standard InChI is InChI=1S/C20H25N3O2/c1-16-5-3-6-18(13-16)15-21-9-11-22(12-10-21)17(2)19-7-4-8-20(14-19)23(24)25/h3-8,13-14,17H,9-12,15H2,1-2H3/t17-/m1/s1. The third kappa shape index (κ3) is 4.44. The number of hydrogen-bond acceptors (Lipinski definition) is 4. The number of hydrogen-bond donors (Lipinski definition) is 0. The lowest BCUT2D eigenvalue weighted by Crippen LogP contribution is -2.46. The predicted octanol–water partition coefficient (Wildman–Crippen LogP) is 3.78. The van der Waals surface area contributed by atoms with Crippen molar-refractivity contribution < 1.29 is 4.92 Å². The van der Waals surface area contributed by atoms with Gasteiger partial charge in [-0.2, -0.15) is 0 Å². The van der Waals surface area contributed by atoms with Crippen LogP contribution in [0.2, 0.25) is 0 Å². The van der Waals surface area contributed by atoms with E-state index in [1.807, 2.05) is 6.07 Å². The molecule has 1 aliphatic heterocycles. The molecule has 5 nitrogen and oxygen atoms in total. The van der Waals surface area contributed by atoms with Crippen LogP contribution < -0.4 is 0 Å². The molecule has 0 unspecified atom stereocenters. The van der Waals surface area contributed by atoms with E-state index >= 15 is 0 Å².